The first-order valence-corrected chi connectivity index (χ1v) is 7.64. The zero-order valence-electron chi connectivity index (χ0n) is 12.4. The van der Waals surface area contributed by atoms with E-state index in [1.54, 1.807) is 6.08 Å². The van der Waals surface area contributed by atoms with Crippen LogP contribution in [0.5, 0.6) is 0 Å². The molecule has 1 aromatic carbocycles. The third-order valence-electron chi connectivity index (χ3n) is 3.64. The maximum atomic E-state index is 11.8. The Morgan fingerprint density at radius 1 is 1.29 bits per heavy atom. The predicted octanol–water partition coefficient (Wildman–Crippen LogP) is 1.72. The van der Waals surface area contributed by atoms with Gasteiger partial charge in [0.2, 0.25) is 5.91 Å². The summed E-state index contributed by atoms with van der Waals surface area (Å²) in [5.41, 5.74) is 0.855. The fourth-order valence-electron chi connectivity index (χ4n) is 2.24. The average molecular weight is 308 g/mol. The van der Waals surface area contributed by atoms with Gasteiger partial charge in [-0.3, -0.25) is 9.69 Å². The molecule has 0 aliphatic carbocycles. The van der Waals surface area contributed by atoms with Crippen LogP contribution < -0.4 is 5.32 Å². The van der Waals surface area contributed by atoms with Crippen molar-refractivity contribution in [3.63, 3.8) is 0 Å². The number of nitrogens with zero attached hydrogens (tertiary/aromatic N) is 2. The smallest absolute Gasteiger partial charge is 0.244 e. The molecule has 1 aliphatic rings. The number of carbonyl (C=O) groups excluding carboxylic acids is 1. The number of likely N-dealkylation sites (N-methyl/N-ethyl adjacent to an activating group) is 1. The summed E-state index contributed by atoms with van der Waals surface area (Å²) in [5.74, 6) is -0.0796. The van der Waals surface area contributed by atoms with Crippen molar-refractivity contribution in [3.05, 3.63) is 40.9 Å². The molecule has 1 aliphatic heterocycles. The monoisotopic (exact) mass is 307 g/mol. The molecule has 21 heavy (non-hydrogen) atoms. The quantitative estimate of drug-likeness (QED) is 0.841. The maximum absolute atomic E-state index is 11.8. The largest absolute Gasteiger partial charge is 0.351 e. The van der Waals surface area contributed by atoms with E-state index in [0.717, 1.165) is 38.3 Å². The number of rotatable bonds is 5. The van der Waals surface area contributed by atoms with Crippen LogP contribution in [0.25, 0.3) is 6.08 Å². The van der Waals surface area contributed by atoms with Crippen LogP contribution in [0.3, 0.4) is 0 Å². The summed E-state index contributed by atoms with van der Waals surface area (Å²) in [6.07, 6.45) is 3.28. The lowest BCUT2D eigenvalue weighted by molar-refractivity contribution is -0.116. The molecule has 1 N–H and O–H groups in total. The van der Waals surface area contributed by atoms with Gasteiger partial charge in [0.25, 0.3) is 0 Å². The minimum absolute atomic E-state index is 0.0796. The molecule has 0 saturated carbocycles. The van der Waals surface area contributed by atoms with E-state index >= 15 is 0 Å². The van der Waals surface area contributed by atoms with Crippen molar-refractivity contribution in [3.8, 4) is 0 Å². The Bertz CT molecular complexity index is 496. The van der Waals surface area contributed by atoms with Gasteiger partial charge in [-0.1, -0.05) is 29.8 Å². The standard InChI is InChI=1S/C16H22ClN3O/c1-19-10-12-20(13-11-19)9-8-18-16(21)7-6-14-4-2-3-5-15(14)17/h2-7H,8-13H2,1H3,(H,18,21). The molecule has 4 nitrogen and oxygen atoms in total. The number of carbonyl (C=O) groups is 1. The topological polar surface area (TPSA) is 35.6 Å². The van der Waals surface area contributed by atoms with Crippen LogP contribution in [0.1, 0.15) is 5.56 Å². The third-order valence-corrected chi connectivity index (χ3v) is 3.99. The first kappa shape index (κ1) is 16.0. The normalized spacial score (nSPS) is 17.2. The summed E-state index contributed by atoms with van der Waals surface area (Å²) in [5, 5.41) is 3.56. The van der Waals surface area contributed by atoms with Gasteiger partial charge >= 0.3 is 0 Å². The number of piperazine rings is 1. The highest BCUT2D eigenvalue weighted by molar-refractivity contribution is 6.32. The van der Waals surface area contributed by atoms with Gasteiger partial charge in [-0.05, 0) is 24.8 Å². The van der Waals surface area contributed by atoms with Gasteiger partial charge in [0.1, 0.15) is 0 Å². The van der Waals surface area contributed by atoms with Gasteiger partial charge in [-0.2, -0.15) is 0 Å². The Morgan fingerprint density at radius 2 is 2.00 bits per heavy atom. The molecular weight excluding hydrogens is 286 g/mol. The van der Waals surface area contributed by atoms with Crippen molar-refractivity contribution in [2.24, 2.45) is 0 Å². The van der Waals surface area contributed by atoms with E-state index in [2.05, 4.69) is 22.2 Å². The van der Waals surface area contributed by atoms with Crippen molar-refractivity contribution < 1.29 is 4.79 Å². The second-order valence-electron chi connectivity index (χ2n) is 5.29. The van der Waals surface area contributed by atoms with Crippen LogP contribution in [0.15, 0.2) is 30.3 Å². The fourth-order valence-corrected chi connectivity index (χ4v) is 2.44. The van der Waals surface area contributed by atoms with Gasteiger partial charge in [0.05, 0.1) is 0 Å². The van der Waals surface area contributed by atoms with Crippen molar-refractivity contribution >= 4 is 23.6 Å². The summed E-state index contributed by atoms with van der Waals surface area (Å²) < 4.78 is 0. The first-order valence-electron chi connectivity index (χ1n) is 7.26. The lowest BCUT2D eigenvalue weighted by Gasteiger charge is -2.32. The molecule has 1 amide bonds. The van der Waals surface area contributed by atoms with Gasteiger partial charge < -0.3 is 10.2 Å². The van der Waals surface area contributed by atoms with E-state index in [1.165, 1.54) is 6.08 Å². The molecule has 0 unspecified atom stereocenters. The molecule has 1 aromatic rings. The number of hydrogen-bond acceptors (Lipinski definition) is 3. The SMILES string of the molecule is CN1CCN(CCNC(=O)C=Cc2ccccc2Cl)CC1. The second-order valence-corrected chi connectivity index (χ2v) is 5.70. The molecule has 0 atom stereocenters. The molecule has 0 radical (unpaired) electrons. The van der Waals surface area contributed by atoms with Gasteiger partial charge in [0.15, 0.2) is 0 Å². The van der Waals surface area contributed by atoms with E-state index in [-0.39, 0.29) is 5.91 Å². The van der Waals surface area contributed by atoms with Crippen molar-refractivity contribution in [2.75, 3.05) is 46.3 Å². The van der Waals surface area contributed by atoms with E-state index in [4.69, 9.17) is 11.6 Å². The molecular formula is C16H22ClN3O. The summed E-state index contributed by atoms with van der Waals surface area (Å²) in [4.78, 5) is 16.4. The fraction of sp³-hybridized carbons (Fsp3) is 0.438. The minimum Gasteiger partial charge on any atom is -0.351 e. The summed E-state index contributed by atoms with van der Waals surface area (Å²) in [7, 11) is 2.14. The number of hydrogen-bond donors (Lipinski definition) is 1. The lowest BCUT2D eigenvalue weighted by Crippen LogP contribution is -2.46. The van der Waals surface area contributed by atoms with Crippen LogP contribution in [0, 0.1) is 0 Å². The molecule has 114 valence electrons. The third kappa shape index (κ3) is 5.50. The molecule has 1 heterocycles. The van der Waals surface area contributed by atoms with Gasteiger partial charge in [-0.15, -0.1) is 0 Å². The van der Waals surface area contributed by atoms with E-state index in [9.17, 15) is 4.79 Å². The average Bonchev–Trinajstić information content (AvgIpc) is 2.48. The van der Waals surface area contributed by atoms with Gasteiger partial charge in [-0.25, -0.2) is 0 Å². The minimum atomic E-state index is -0.0796. The number of benzene rings is 1. The first-order chi connectivity index (χ1) is 10.1. The van der Waals surface area contributed by atoms with Crippen LogP contribution in [-0.2, 0) is 4.79 Å². The molecule has 2 rings (SSSR count). The molecule has 0 aromatic heterocycles. The summed E-state index contributed by atoms with van der Waals surface area (Å²) >= 11 is 6.03. The van der Waals surface area contributed by atoms with E-state index < -0.39 is 0 Å². The number of halogens is 1. The second kappa shape index (κ2) is 8.17. The zero-order chi connectivity index (χ0) is 15.1. The highest BCUT2D eigenvalue weighted by Crippen LogP contribution is 2.15. The van der Waals surface area contributed by atoms with E-state index in [1.807, 2.05) is 24.3 Å². The van der Waals surface area contributed by atoms with Crippen molar-refractivity contribution in [1.29, 1.82) is 0 Å². The van der Waals surface area contributed by atoms with E-state index in [0.29, 0.717) is 11.6 Å². The molecule has 5 heteroatoms. The summed E-state index contributed by atoms with van der Waals surface area (Å²) in [6, 6.07) is 7.47. The zero-order valence-corrected chi connectivity index (χ0v) is 13.1. The van der Waals surface area contributed by atoms with Gasteiger partial charge in [0, 0.05) is 50.4 Å². The molecule has 1 saturated heterocycles. The highest BCUT2D eigenvalue weighted by atomic mass is 35.5. The van der Waals surface area contributed by atoms with Crippen LogP contribution in [0.4, 0.5) is 0 Å². The van der Waals surface area contributed by atoms with Crippen LogP contribution in [0.2, 0.25) is 5.02 Å². The molecule has 0 spiro atoms. The van der Waals surface area contributed by atoms with Crippen LogP contribution in [-0.4, -0.2) is 62.0 Å². The Hall–Kier alpha value is -1.36. The predicted molar refractivity (Wildman–Crippen MR) is 87.4 cm³/mol. The Morgan fingerprint density at radius 3 is 2.71 bits per heavy atom. The van der Waals surface area contributed by atoms with Crippen LogP contribution >= 0.6 is 11.6 Å². The Kier molecular flexibility index (Phi) is 6.23. The number of nitrogens with one attached hydrogen (secondary N) is 1. The maximum Gasteiger partial charge on any atom is 0.244 e. The number of amides is 1. The summed E-state index contributed by atoms with van der Waals surface area (Å²) in [6.45, 7) is 5.92. The molecule has 1 fully saturated rings. The van der Waals surface area contributed by atoms with Crippen molar-refractivity contribution in [2.45, 2.75) is 0 Å². The Balaban J connectivity index is 1.69. The highest BCUT2D eigenvalue weighted by Gasteiger charge is 2.12. The molecule has 0 bridgehead atoms. The van der Waals surface area contributed by atoms with Crippen molar-refractivity contribution in [1.82, 2.24) is 15.1 Å². The Labute approximate surface area is 131 Å². The lowest BCUT2D eigenvalue weighted by atomic mass is 10.2.